The Morgan fingerprint density at radius 1 is 1.05 bits per heavy atom. The molecule has 0 atom stereocenters. The van der Waals surface area contributed by atoms with Crippen molar-refractivity contribution in [1.29, 1.82) is 0 Å². The van der Waals surface area contributed by atoms with Crippen LogP contribution in [-0.2, 0) is 0 Å². The van der Waals surface area contributed by atoms with E-state index in [9.17, 15) is 4.79 Å². The number of benzene rings is 2. The van der Waals surface area contributed by atoms with Gasteiger partial charge in [-0.3, -0.25) is 4.79 Å². The highest BCUT2D eigenvalue weighted by atomic mass is 79.9. The Balaban J connectivity index is 2.32. The van der Waals surface area contributed by atoms with Crippen LogP contribution in [-0.4, -0.2) is 0 Å². The van der Waals surface area contributed by atoms with Crippen molar-refractivity contribution in [1.82, 2.24) is 0 Å². The highest BCUT2D eigenvalue weighted by molar-refractivity contribution is 9.10. The van der Waals surface area contributed by atoms with Gasteiger partial charge in [0, 0.05) is 16.1 Å². The van der Waals surface area contributed by atoms with Crippen molar-refractivity contribution in [2.45, 2.75) is 13.8 Å². The van der Waals surface area contributed by atoms with Crippen LogP contribution in [0.2, 0.25) is 0 Å². The highest BCUT2D eigenvalue weighted by Crippen LogP contribution is 2.26. The van der Waals surface area contributed by atoms with E-state index in [1.165, 1.54) is 0 Å². The monoisotopic (exact) mass is 328 g/mol. The van der Waals surface area contributed by atoms with E-state index in [-0.39, 0.29) is 5.43 Å². The molecule has 0 N–H and O–H groups in total. The van der Waals surface area contributed by atoms with Gasteiger partial charge in [-0.2, -0.15) is 0 Å². The first-order valence-corrected chi connectivity index (χ1v) is 7.15. The largest absolute Gasteiger partial charge is 0.456 e. The number of rotatable bonds is 1. The molecule has 1 aromatic heterocycles. The molecule has 0 aliphatic carbocycles. The topological polar surface area (TPSA) is 30.2 Å². The summed E-state index contributed by atoms with van der Waals surface area (Å²) >= 11 is 3.43. The van der Waals surface area contributed by atoms with E-state index in [1.807, 2.05) is 50.2 Å². The molecule has 3 rings (SSSR count). The number of fused-ring (bicyclic) bond motifs is 1. The maximum Gasteiger partial charge on any atom is 0.193 e. The molecule has 3 aromatic rings. The molecule has 0 aliphatic heterocycles. The van der Waals surface area contributed by atoms with E-state index in [2.05, 4.69) is 15.9 Å². The molecular formula is C17H13BrO2. The van der Waals surface area contributed by atoms with Gasteiger partial charge >= 0.3 is 0 Å². The zero-order valence-corrected chi connectivity index (χ0v) is 12.8. The van der Waals surface area contributed by atoms with Gasteiger partial charge in [0.1, 0.15) is 11.3 Å². The molecule has 0 bridgehead atoms. The van der Waals surface area contributed by atoms with E-state index in [1.54, 1.807) is 6.07 Å². The fourth-order valence-electron chi connectivity index (χ4n) is 2.39. The Hall–Kier alpha value is -1.87. The molecule has 0 amide bonds. The minimum Gasteiger partial charge on any atom is -0.456 e. The van der Waals surface area contributed by atoms with Gasteiger partial charge in [0.2, 0.25) is 0 Å². The molecule has 1 heterocycles. The van der Waals surface area contributed by atoms with Crippen LogP contribution in [0.25, 0.3) is 22.3 Å². The van der Waals surface area contributed by atoms with Crippen LogP contribution in [0, 0.1) is 13.8 Å². The Bertz CT molecular complexity index is 862. The average molecular weight is 329 g/mol. The van der Waals surface area contributed by atoms with Gasteiger partial charge in [0.25, 0.3) is 0 Å². The van der Waals surface area contributed by atoms with Gasteiger partial charge in [-0.25, -0.2) is 0 Å². The molecule has 0 fully saturated rings. The van der Waals surface area contributed by atoms with E-state index in [4.69, 9.17) is 4.42 Å². The predicted octanol–water partition coefficient (Wildman–Crippen LogP) is 4.84. The zero-order valence-electron chi connectivity index (χ0n) is 11.2. The Labute approximate surface area is 125 Å². The number of halogens is 1. The second-order valence-corrected chi connectivity index (χ2v) is 5.86. The Morgan fingerprint density at radius 3 is 2.60 bits per heavy atom. The number of aryl methyl sites for hydroxylation is 2. The van der Waals surface area contributed by atoms with E-state index in [0.717, 1.165) is 21.2 Å². The van der Waals surface area contributed by atoms with Gasteiger partial charge < -0.3 is 4.42 Å². The van der Waals surface area contributed by atoms with Crippen molar-refractivity contribution in [2.24, 2.45) is 0 Å². The van der Waals surface area contributed by atoms with Gasteiger partial charge in [0.15, 0.2) is 5.43 Å². The molecule has 3 heteroatoms. The van der Waals surface area contributed by atoms with Crippen molar-refractivity contribution in [2.75, 3.05) is 0 Å². The first kappa shape index (κ1) is 13.1. The smallest absolute Gasteiger partial charge is 0.193 e. The SMILES string of the molecule is Cc1cc(C)c2oc(-c3cccc(Br)c3)cc(=O)c2c1. The molecule has 100 valence electrons. The van der Waals surface area contributed by atoms with Crippen LogP contribution >= 0.6 is 15.9 Å². The lowest BCUT2D eigenvalue weighted by molar-refractivity contribution is 0.616. The quantitative estimate of drug-likeness (QED) is 0.639. The third-order valence-corrected chi connectivity index (χ3v) is 3.76. The normalized spacial score (nSPS) is 10.9. The standard InChI is InChI=1S/C17H13BrO2/c1-10-6-11(2)17-14(7-10)15(19)9-16(20-17)12-4-3-5-13(18)8-12/h3-9H,1-2H3. The molecule has 20 heavy (non-hydrogen) atoms. The Morgan fingerprint density at radius 2 is 1.85 bits per heavy atom. The number of hydrogen-bond acceptors (Lipinski definition) is 2. The van der Waals surface area contributed by atoms with Crippen LogP contribution in [0.1, 0.15) is 11.1 Å². The van der Waals surface area contributed by atoms with Crippen molar-refractivity contribution >= 4 is 26.9 Å². The lowest BCUT2D eigenvalue weighted by atomic mass is 10.1. The summed E-state index contributed by atoms with van der Waals surface area (Å²) < 4.78 is 6.91. The molecule has 2 nitrogen and oxygen atoms in total. The fourth-order valence-corrected chi connectivity index (χ4v) is 2.79. The second kappa shape index (κ2) is 4.91. The first-order valence-electron chi connectivity index (χ1n) is 6.35. The van der Waals surface area contributed by atoms with Crippen molar-refractivity contribution in [3.05, 3.63) is 68.3 Å². The lowest BCUT2D eigenvalue weighted by Gasteiger charge is -2.06. The molecule has 0 aliphatic rings. The summed E-state index contributed by atoms with van der Waals surface area (Å²) in [5.41, 5.74) is 3.59. The first-order chi connectivity index (χ1) is 9.54. The van der Waals surface area contributed by atoms with Crippen molar-refractivity contribution in [3.63, 3.8) is 0 Å². The van der Waals surface area contributed by atoms with Crippen LogP contribution in [0.5, 0.6) is 0 Å². The van der Waals surface area contributed by atoms with E-state index >= 15 is 0 Å². The maximum absolute atomic E-state index is 12.3. The molecule has 0 spiro atoms. The van der Waals surface area contributed by atoms with Crippen LogP contribution in [0.4, 0.5) is 0 Å². The maximum atomic E-state index is 12.3. The second-order valence-electron chi connectivity index (χ2n) is 4.94. The van der Waals surface area contributed by atoms with E-state index in [0.29, 0.717) is 16.7 Å². The summed E-state index contributed by atoms with van der Waals surface area (Å²) in [6.07, 6.45) is 0. The minimum atomic E-state index is -0.00646. The summed E-state index contributed by atoms with van der Waals surface area (Å²) in [5, 5.41) is 0.640. The van der Waals surface area contributed by atoms with Gasteiger partial charge in [0.05, 0.1) is 5.39 Å². The number of hydrogen-bond donors (Lipinski definition) is 0. The minimum absolute atomic E-state index is 0.00646. The summed E-state index contributed by atoms with van der Waals surface area (Å²) in [7, 11) is 0. The fraction of sp³-hybridized carbons (Fsp3) is 0.118. The average Bonchev–Trinajstić information content (AvgIpc) is 2.39. The summed E-state index contributed by atoms with van der Waals surface area (Å²) in [5.74, 6) is 0.593. The van der Waals surface area contributed by atoms with Crippen LogP contribution < -0.4 is 5.43 Å². The lowest BCUT2D eigenvalue weighted by Crippen LogP contribution is -2.01. The van der Waals surface area contributed by atoms with Gasteiger partial charge in [-0.05, 0) is 43.2 Å². The van der Waals surface area contributed by atoms with Crippen LogP contribution in [0.3, 0.4) is 0 Å². The van der Waals surface area contributed by atoms with Gasteiger partial charge in [-0.15, -0.1) is 0 Å². The predicted molar refractivity (Wildman–Crippen MR) is 85.1 cm³/mol. The Kier molecular flexibility index (Phi) is 3.22. The summed E-state index contributed by atoms with van der Waals surface area (Å²) in [6.45, 7) is 3.94. The summed E-state index contributed by atoms with van der Waals surface area (Å²) in [4.78, 5) is 12.3. The van der Waals surface area contributed by atoms with Crippen molar-refractivity contribution in [3.8, 4) is 11.3 Å². The highest BCUT2D eigenvalue weighted by Gasteiger charge is 2.09. The third kappa shape index (κ3) is 2.29. The molecule has 2 aromatic carbocycles. The zero-order chi connectivity index (χ0) is 14.3. The van der Waals surface area contributed by atoms with E-state index < -0.39 is 0 Å². The third-order valence-electron chi connectivity index (χ3n) is 3.27. The van der Waals surface area contributed by atoms with Crippen LogP contribution in [0.15, 0.2) is 56.1 Å². The summed E-state index contributed by atoms with van der Waals surface area (Å²) in [6, 6.07) is 13.2. The van der Waals surface area contributed by atoms with Crippen molar-refractivity contribution < 1.29 is 4.42 Å². The molecule has 0 saturated heterocycles. The molecule has 0 unspecified atom stereocenters. The molecule has 0 saturated carbocycles. The molecular weight excluding hydrogens is 316 g/mol. The molecule has 0 radical (unpaired) electrons. The van der Waals surface area contributed by atoms with Gasteiger partial charge in [-0.1, -0.05) is 34.1 Å².